The molecule has 1 heterocycles. The van der Waals surface area contributed by atoms with Crippen LogP contribution in [0.1, 0.15) is 5.56 Å². The molecule has 2 rings (SSSR count). The molecule has 0 aromatic heterocycles. The van der Waals surface area contributed by atoms with Gasteiger partial charge in [0.25, 0.3) is 0 Å². The first-order valence-electron chi connectivity index (χ1n) is 6.02. The molecule has 0 amide bonds. The van der Waals surface area contributed by atoms with Crippen LogP contribution in [0, 0.1) is 0 Å². The maximum atomic E-state index is 13.3. The van der Waals surface area contributed by atoms with Crippen LogP contribution in [0.3, 0.4) is 0 Å². The van der Waals surface area contributed by atoms with Crippen LogP contribution in [0.15, 0.2) is 24.3 Å². The Hall–Kier alpha value is -1.69. The summed E-state index contributed by atoms with van der Waals surface area (Å²) in [5.74, 6) is -5.84. The first-order chi connectivity index (χ1) is 9.00. The van der Waals surface area contributed by atoms with Crippen LogP contribution in [0.25, 0.3) is 0 Å². The number of alkyl halides is 2. The van der Waals surface area contributed by atoms with E-state index in [0.29, 0.717) is 37.6 Å². The van der Waals surface area contributed by atoms with Crippen molar-refractivity contribution in [2.75, 3.05) is 31.2 Å². The highest BCUT2D eigenvalue weighted by molar-refractivity contribution is 5.76. The lowest BCUT2D eigenvalue weighted by Crippen LogP contribution is -2.38. The molecule has 0 radical (unpaired) electrons. The van der Waals surface area contributed by atoms with Crippen molar-refractivity contribution in [3.05, 3.63) is 29.8 Å². The number of hydrogen-bond donors (Lipinski definition) is 1. The molecule has 6 heteroatoms. The van der Waals surface area contributed by atoms with Crippen molar-refractivity contribution in [1.82, 2.24) is 0 Å². The number of aliphatic carboxylic acids is 1. The van der Waals surface area contributed by atoms with E-state index in [-0.39, 0.29) is 0 Å². The first-order valence-corrected chi connectivity index (χ1v) is 6.02. The van der Waals surface area contributed by atoms with Crippen molar-refractivity contribution in [2.24, 2.45) is 0 Å². The molecule has 0 saturated carbocycles. The lowest BCUT2D eigenvalue weighted by atomic mass is 10.0. The fraction of sp³-hybridized carbons (Fsp3) is 0.462. The molecule has 1 N–H and O–H groups in total. The molecular formula is C13H15F2NO3. The molecule has 1 aromatic carbocycles. The normalized spacial score (nSPS) is 16.4. The lowest BCUT2D eigenvalue weighted by molar-refractivity contribution is -0.164. The van der Waals surface area contributed by atoms with Gasteiger partial charge in [-0.1, -0.05) is 18.2 Å². The lowest BCUT2D eigenvalue weighted by Gasteiger charge is -2.31. The van der Waals surface area contributed by atoms with E-state index in [4.69, 9.17) is 9.84 Å². The molecular weight excluding hydrogens is 256 g/mol. The molecule has 1 saturated heterocycles. The Bertz CT molecular complexity index is 459. The number of rotatable bonds is 4. The molecule has 4 nitrogen and oxygen atoms in total. The molecule has 1 aliphatic rings. The number of anilines is 1. The number of ether oxygens (including phenoxy) is 1. The quantitative estimate of drug-likeness (QED) is 0.907. The molecule has 0 spiro atoms. The SMILES string of the molecule is O=C(O)C(F)(F)Cc1ccccc1N1CCOCC1. The highest BCUT2D eigenvalue weighted by Gasteiger charge is 2.39. The van der Waals surface area contributed by atoms with Gasteiger partial charge in [0.05, 0.1) is 13.2 Å². The number of morpholine rings is 1. The van der Waals surface area contributed by atoms with E-state index in [9.17, 15) is 13.6 Å². The Kier molecular flexibility index (Phi) is 3.99. The van der Waals surface area contributed by atoms with Gasteiger partial charge in [0.2, 0.25) is 0 Å². The number of nitrogens with zero attached hydrogens (tertiary/aromatic N) is 1. The predicted octanol–water partition coefficient (Wildman–Crippen LogP) is 1.79. The Morgan fingerprint density at radius 1 is 1.32 bits per heavy atom. The second kappa shape index (κ2) is 5.52. The molecule has 1 fully saturated rings. The summed E-state index contributed by atoms with van der Waals surface area (Å²) in [6.45, 7) is 2.33. The molecule has 0 bridgehead atoms. The third-order valence-electron chi connectivity index (χ3n) is 3.07. The van der Waals surface area contributed by atoms with Crippen molar-refractivity contribution in [3.63, 3.8) is 0 Å². The molecule has 1 aliphatic heterocycles. The molecule has 104 valence electrons. The van der Waals surface area contributed by atoms with Gasteiger partial charge in [-0.25, -0.2) is 4.79 Å². The Morgan fingerprint density at radius 2 is 1.95 bits per heavy atom. The van der Waals surface area contributed by atoms with Crippen LogP contribution >= 0.6 is 0 Å². The van der Waals surface area contributed by atoms with Gasteiger partial charge in [-0.05, 0) is 11.6 Å². The number of benzene rings is 1. The number of para-hydroxylation sites is 1. The molecule has 1 aromatic rings. The van der Waals surface area contributed by atoms with Gasteiger partial charge in [-0.15, -0.1) is 0 Å². The minimum atomic E-state index is -3.75. The minimum Gasteiger partial charge on any atom is -0.477 e. The van der Waals surface area contributed by atoms with Crippen molar-refractivity contribution in [3.8, 4) is 0 Å². The number of carboxylic acids is 1. The average Bonchev–Trinajstić information content (AvgIpc) is 2.40. The zero-order valence-electron chi connectivity index (χ0n) is 10.3. The molecule has 19 heavy (non-hydrogen) atoms. The maximum Gasteiger partial charge on any atom is 0.374 e. The van der Waals surface area contributed by atoms with E-state index in [1.165, 1.54) is 0 Å². The fourth-order valence-electron chi connectivity index (χ4n) is 2.09. The van der Waals surface area contributed by atoms with E-state index >= 15 is 0 Å². The third kappa shape index (κ3) is 3.20. The van der Waals surface area contributed by atoms with E-state index in [1.807, 2.05) is 4.90 Å². The third-order valence-corrected chi connectivity index (χ3v) is 3.07. The van der Waals surface area contributed by atoms with E-state index in [0.717, 1.165) is 0 Å². The minimum absolute atomic E-state index is 0.344. The number of carboxylic acid groups (broad SMARTS) is 1. The van der Waals surface area contributed by atoms with E-state index < -0.39 is 18.3 Å². The summed E-state index contributed by atoms with van der Waals surface area (Å²) in [5, 5.41) is 8.52. The molecule has 0 atom stereocenters. The summed E-state index contributed by atoms with van der Waals surface area (Å²) >= 11 is 0. The maximum absolute atomic E-state index is 13.3. The van der Waals surface area contributed by atoms with Crippen molar-refractivity contribution < 1.29 is 23.4 Å². The second-order valence-electron chi connectivity index (χ2n) is 4.41. The second-order valence-corrected chi connectivity index (χ2v) is 4.41. The number of carbonyl (C=O) groups is 1. The van der Waals surface area contributed by atoms with Crippen LogP contribution in [0.4, 0.5) is 14.5 Å². The standard InChI is InChI=1S/C13H15F2NO3/c14-13(15,12(17)18)9-10-3-1-2-4-11(10)16-5-7-19-8-6-16/h1-4H,5-9H2,(H,17,18). The van der Waals surface area contributed by atoms with Gasteiger partial charge >= 0.3 is 11.9 Å². The zero-order chi connectivity index (χ0) is 13.9. The van der Waals surface area contributed by atoms with Crippen LogP contribution < -0.4 is 4.90 Å². The summed E-state index contributed by atoms with van der Waals surface area (Å²) in [6, 6.07) is 6.67. The van der Waals surface area contributed by atoms with Crippen molar-refractivity contribution in [2.45, 2.75) is 12.3 Å². The first kappa shape index (κ1) is 13.7. The van der Waals surface area contributed by atoms with Crippen LogP contribution in [0.5, 0.6) is 0 Å². The van der Waals surface area contributed by atoms with Crippen LogP contribution in [-0.4, -0.2) is 43.3 Å². The molecule has 0 unspecified atom stereocenters. The van der Waals surface area contributed by atoms with Gasteiger partial charge in [0, 0.05) is 25.2 Å². The van der Waals surface area contributed by atoms with E-state index in [2.05, 4.69) is 0 Å². The van der Waals surface area contributed by atoms with Gasteiger partial charge in [-0.3, -0.25) is 0 Å². The van der Waals surface area contributed by atoms with Gasteiger partial charge < -0.3 is 14.7 Å². The van der Waals surface area contributed by atoms with E-state index in [1.54, 1.807) is 24.3 Å². The summed E-state index contributed by atoms with van der Waals surface area (Å²) in [4.78, 5) is 12.5. The van der Waals surface area contributed by atoms with Gasteiger partial charge in [0.1, 0.15) is 0 Å². The van der Waals surface area contributed by atoms with Gasteiger partial charge in [-0.2, -0.15) is 8.78 Å². The van der Waals surface area contributed by atoms with Crippen molar-refractivity contribution in [1.29, 1.82) is 0 Å². The highest BCUT2D eigenvalue weighted by atomic mass is 19.3. The van der Waals surface area contributed by atoms with Crippen LogP contribution in [0.2, 0.25) is 0 Å². The Morgan fingerprint density at radius 3 is 2.58 bits per heavy atom. The fourth-order valence-corrected chi connectivity index (χ4v) is 2.09. The monoisotopic (exact) mass is 271 g/mol. The summed E-state index contributed by atoms with van der Waals surface area (Å²) in [6.07, 6.45) is -0.796. The topological polar surface area (TPSA) is 49.8 Å². The molecule has 0 aliphatic carbocycles. The number of halogens is 2. The predicted molar refractivity (Wildman–Crippen MR) is 65.8 cm³/mol. The number of hydrogen-bond acceptors (Lipinski definition) is 3. The highest BCUT2D eigenvalue weighted by Crippen LogP contribution is 2.28. The summed E-state index contributed by atoms with van der Waals surface area (Å²) in [5.41, 5.74) is 1.00. The smallest absolute Gasteiger partial charge is 0.374 e. The summed E-state index contributed by atoms with van der Waals surface area (Å²) < 4.78 is 31.9. The summed E-state index contributed by atoms with van der Waals surface area (Å²) in [7, 11) is 0. The zero-order valence-corrected chi connectivity index (χ0v) is 10.3. The van der Waals surface area contributed by atoms with Gasteiger partial charge in [0.15, 0.2) is 0 Å². The largest absolute Gasteiger partial charge is 0.477 e. The Balaban J connectivity index is 2.23. The average molecular weight is 271 g/mol. The van der Waals surface area contributed by atoms with Crippen molar-refractivity contribution >= 4 is 11.7 Å². The Labute approximate surface area is 109 Å². The van der Waals surface area contributed by atoms with Crippen LogP contribution in [-0.2, 0) is 16.0 Å².